The van der Waals surface area contributed by atoms with E-state index in [1.54, 1.807) is 6.07 Å². The molecule has 0 atom stereocenters. The second kappa shape index (κ2) is 7.69. The fraction of sp³-hybridized carbons (Fsp3) is 0.111. The van der Waals surface area contributed by atoms with E-state index >= 15 is 0 Å². The van der Waals surface area contributed by atoms with Crippen molar-refractivity contribution in [3.8, 4) is 5.75 Å². The standard InChI is InChI=1S/C27H26BrOP/c1-20-7-13-24(14-8-20)30(28,25-15-9-21(2)10-16-25,26-17-11-22(3)12-18-26)27-6-4-5-23(29)19-27/h4-19,29H,1-3H3. The average molecular weight is 477 g/mol. The van der Waals surface area contributed by atoms with Crippen LogP contribution in [0.5, 0.6) is 5.75 Å². The molecule has 1 nitrogen and oxygen atoms in total. The first kappa shape index (κ1) is 20.8. The Morgan fingerprint density at radius 3 is 1.23 bits per heavy atom. The molecule has 4 aromatic rings. The molecule has 1 N–H and O–H groups in total. The number of phenolic OH excluding ortho intramolecular Hbond substituents is 1. The van der Waals surface area contributed by atoms with Crippen LogP contribution < -0.4 is 21.2 Å². The Hall–Kier alpha value is -2.41. The molecule has 4 aromatic carbocycles. The topological polar surface area (TPSA) is 20.2 Å². The van der Waals surface area contributed by atoms with Gasteiger partial charge in [0.1, 0.15) is 0 Å². The molecule has 0 amide bonds. The van der Waals surface area contributed by atoms with Crippen molar-refractivity contribution in [3.05, 3.63) is 114 Å². The van der Waals surface area contributed by atoms with Crippen LogP contribution in [0.4, 0.5) is 0 Å². The summed E-state index contributed by atoms with van der Waals surface area (Å²) in [6.07, 6.45) is 0. The van der Waals surface area contributed by atoms with Crippen LogP contribution >= 0.6 is 20.8 Å². The molecule has 3 heteroatoms. The van der Waals surface area contributed by atoms with Crippen LogP contribution in [0.3, 0.4) is 0 Å². The van der Waals surface area contributed by atoms with E-state index in [9.17, 15) is 5.11 Å². The van der Waals surface area contributed by atoms with E-state index < -0.39 is 5.31 Å². The summed E-state index contributed by atoms with van der Waals surface area (Å²) in [6, 6.07) is 34.1. The first-order valence-electron chi connectivity index (χ1n) is 10.1. The molecule has 0 unspecified atom stereocenters. The summed E-state index contributed by atoms with van der Waals surface area (Å²) in [5.41, 5.74) is 3.67. The number of aromatic hydroxyl groups is 1. The third-order valence-electron chi connectivity index (χ3n) is 5.87. The molecular formula is C27H26BrOP. The predicted octanol–water partition coefficient (Wildman–Crippen LogP) is 5.78. The average Bonchev–Trinajstić information content (AvgIpc) is 2.75. The summed E-state index contributed by atoms with van der Waals surface area (Å²) in [4.78, 5) is 0. The molecule has 0 spiro atoms. The summed E-state index contributed by atoms with van der Waals surface area (Å²) in [7, 11) is 0. The van der Waals surface area contributed by atoms with E-state index in [0.717, 1.165) is 5.30 Å². The summed E-state index contributed by atoms with van der Waals surface area (Å²) in [5.74, 6) is 0.271. The van der Waals surface area contributed by atoms with E-state index in [2.05, 4.69) is 115 Å². The van der Waals surface area contributed by atoms with Gasteiger partial charge in [-0.2, -0.15) is 0 Å². The van der Waals surface area contributed by atoms with Gasteiger partial charge in [-0.25, -0.2) is 0 Å². The molecule has 0 bridgehead atoms. The van der Waals surface area contributed by atoms with Gasteiger partial charge in [0.15, 0.2) is 0 Å². The van der Waals surface area contributed by atoms with Crippen LogP contribution in [0.2, 0.25) is 0 Å². The van der Waals surface area contributed by atoms with Crippen LogP contribution in [0, 0.1) is 20.8 Å². The number of hydrogen-bond acceptors (Lipinski definition) is 1. The minimum atomic E-state index is -3.27. The zero-order chi connectivity index (χ0) is 21.4. The van der Waals surface area contributed by atoms with E-state index in [-0.39, 0.29) is 5.75 Å². The second-order valence-electron chi connectivity index (χ2n) is 8.04. The van der Waals surface area contributed by atoms with E-state index in [1.807, 2.05) is 12.1 Å². The Bertz CT molecular complexity index is 1070. The molecule has 0 aromatic heterocycles. The normalized spacial score (nSPS) is 12.9. The monoisotopic (exact) mass is 476 g/mol. The molecule has 0 radical (unpaired) electrons. The van der Waals surface area contributed by atoms with Crippen molar-refractivity contribution in [2.45, 2.75) is 20.8 Å². The summed E-state index contributed by atoms with van der Waals surface area (Å²) >= 11 is 4.45. The van der Waals surface area contributed by atoms with Gasteiger partial charge in [-0.15, -0.1) is 0 Å². The first-order chi connectivity index (χ1) is 14.3. The van der Waals surface area contributed by atoms with Gasteiger partial charge in [-0.05, 0) is 0 Å². The van der Waals surface area contributed by atoms with Gasteiger partial charge in [0.05, 0.1) is 0 Å². The SMILES string of the molecule is Cc1ccc(P(Br)(c2ccc(C)cc2)(c2ccc(C)cc2)c2cccc(O)c2)cc1. The van der Waals surface area contributed by atoms with Crippen molar-refractivity contribution < 1.29 is 5.11 Å². The van der Waals surface area contributed by atoms with Crippen molar-refractivity contribution in [3.63, 3.8) is 0 Å². The molecule has 30 heavy (non-hydrogen) atoms. The van der Waals surface area contributed by atoms with Gasteiger partial charge in [0, 0.05) is 0 Å². The fourth-order valence-electron chi connectivity index (χ4n) is 4.12. The zero-order valence-corrected chi connectivity index (χ0v) is 20.0. The minimum absolute atomic E-state index is 0.271. The molecule has 0 aliphatic carbocycles. The van der Waals surface area contributed by atoms with Crippen molar-refractivity contribution in [1.82, 2.24) is 0 Å². The molecule has 0 aliphatic rings. The maximum atomic E-state index is 10.5. The second-order valence-corrected chi connectivity index (χ2v) is 16.4. The first-order valence-corrected chi connectivity index (χ1v) is 14.3. The molecule has 0 saturated carbocycles. The fourth-order valence-corrected chi connectivity index (χ4v) is 11.6. The Balaban J connectivity index is 2.22. The van der Waals surface area contributed by atoms with Crippen LogP contribution in [0.25, 0.3) is 0 Å². The maximum absolute atomic E-state index is 10.5. The van der Waals surface area contributed by atoms with Gasteiger partial charge in [-0.1, -0.05) is 0 Å². The Morgan fingerprint density at radius 2 is 0.900 bits per heavy atom. The Kier molecular flexibility index (Phi) is 5.34. The van der Waals surface area contributed by atoms with E-state index in [1.165, 1.54) is 32.6 Å². The number of rotatable bonds is 4. The summed E-state index contributed by atoms with van der Waals surface area (Å²) in [6.45, 7) is 6.33. The van der Waals surface area contributed by atoms with Gasteiger partial charge in [-0.3, -0.25) is 0 Å². The number of halogens is 1. The molecular weight excluding hydrogens is 451 g/mol. The van der Waals surface area contributed by atoms with Crippen molar-refractivity contribution in [2.24, 2.45) is 0 Å². The summed E-state index contributed by atoms with van der Waals surface area (Å²) in [5, 5.41) is 11.9. The molecule has 152 valence electrons. The molecule has 4 rings (SSSR count). The van der Waals surface area contributed by atoms with Gasteiger partial charge >= 0.3 is 187 Å². The van der Waals surface area contributed by atoms with Crippen molar-refractivity contribution in [2.75, 3.05) is 0 Å². The van der Waals surface area contributed by atoms with Crippen LogP contribution in [0.15, 0.2) is 97.1 Å². The molecule has 0 heterocycles. The Morgan fingerprint density at radius 1 is 0.533 bits per heavy atom. The number of hydrogen-bond donors (Lipinski definition) is 1. The van der Waals surface area contributed by atoms with Crippen LogP contribution in [-0.4, -0.2) is 5.11 Å². The number of benzene rings is 4. The zero-order valence-electron chi connectivity index (χ0n) is 17.5. The predicted molar refractivity (Wildman–Crippen MR) is 136 cm³/mol. The van der Waals surface area contributed by atoms with Crippen molar-refractivity contribution in [1.29, 1.82) is 0 Å². The number of aryl methyl sites for hydroxylation is 3. The third-order valence-corrected chi connectivity index (χ3v) is 15.8. The van der Waals surface area contributed by atoms with Gasteiger partial charge in [0.25, 0.3) is 0 Å². The van der Waals surface area contributed by atoms with Gasteiger partial charge < -0.3 is 0 Å². The number of phenols is 1. The van der Waals surface area contributed by atoms with Gasteiger partial charge in [0.2, 0.25) is 0 Å². The van der Waals surface area contributed by atoms with Crippen molar-refractivity contribution >= 4 is 42.0 Å². The quantitative estimate of drug-likeness (QED) is 0.370. The molecule has 0 aliphatic heterocycles. The van der Waals surface area contributed by atoms with Crippen LogP contribution in [-0.2, 0) is 0 Å². The Labute approximate surface area is 187 Å². The summed E-state index contributed by atoms with van der Waals surface area (Å²) < 4.78 is 0. The van der Waals surface area contributed by atoms with E-state index in [0.29, 0.717) is 0 Å². The third kappa shape index (κ3) is 3.20. The van der Waals surface area contributed by atoms with E-state index in [4.69, 9.17) is 0 Å². The van der Waals surface area contributed by atoms with Crippen LogP contribution in [0.1, 0.15) is 16.7 Å². The molecule has 0 fully saturated rings. The molecule has 0 saturated heterocycles.